The predicted molar refractivity (Wildman–Crippen MR) is 96.0 cm³/mol. The average molecular weight is 366 g/mol. The first-order chi connectivity index (χ1) is 11.8. The lowest BCUT2D eigenvalue weighted by Gasteiger charge is -2.28. The van der Waals surface area contributed by atoms with E-state index in [1.165, 1.54) is 12.1 Å². The minimum atomic E-state index is -4.12. The van der Waals surface area contributed by atoms with E-state index in [4.69, 9.17) is 9.29 Å². The fourth-order valence-corrected chi connectivity index (χ4v) is 3.84. The molecule has 0 saturated heterocycles. The van der Waals surface area contributed by atoms with Gasteiger partial charge in [-0.3, -0.25) is 4.55 Å². The highest BCUT2D eigenvalue weighted by Crippen LogP contribution is 2.37. The first kappa shape index (κ1) is 19.7. The lowest BCUT2D eigenvalue weighted by Crippen LogP contribution is -2.14. The molecule has 0 amide bonds. The molecular weight excluding hydrogens is 340 g/mol. The van der Waals surface area contributed by atoms with Crippen molar-refractivity contribution in [2.45, 2.75) is 56.3 Å². The molecule has 25 heavy (non-hydrogen) atoms. The second-order valence-corrected chi connectivity index (χ2v) is 8.24. The molecule has 1 aromatic rings. The minimum absolute atomic E-state index is 0.0609. The number of rotatable bonds is 7. The number of carbonyl (C=O) groups is 1. The van der Waals surface area contributed by atoms with Gasteiger partial charge in [0.25, 0.3) is 10.1 Å². The fraction of sp³-hybridized carbons (Fsp3) is 0.526. The molecule has 1 fully saturated rings. The maximum Gasteiger partial charge on any atom is 0.333 e. The van der Waals surface area contributed by atoms with Crippen LogP contribution in [0.2, 0.25) is 0 Å². The second kappa shape index (κ2) is 8.63. The maximum absolute atomic E-state index is 11.3. The molecule has 1 aliphatic rings. The highest BCUT2D eigenvalue weighted by Gasteiger charge is 2.22. The first-order valence-electron chi connectivity index (χ1n) is 8.67. The van der Waals surface area contributed by atoms with E-state index in [9.17, 15) is 13.2 Å². The Kier molecular flexibility index (Phi) is 6.79. The topological polar surface area (TPSA) is 80.7 Å². The van der Waals surface area contributed by atoms with Gasteiger partial charge in [-0.25, -0.2) is 4.79 Å². The van der Waals surface area contributed by atoms with Crippen molar-refractivity contribution in [2.75, 3.05) is 6.61 Å². The normalized spacial score (nSPS) is 20.9. The zero-order valence-electron chi connectivity index (χ0n) is 14.6. The van der Waals surface area contributed by atoms with Gasteiger partial charge in [0.05, 0.1) is 11.5 Å². The third-order valence-electron chi connectivity index (χ3n) is 4.83. The minimum Gasteiger partial charge on any atom is -0.462 e. The van der Waals surface area contributed by atoms with Crippen LogP contribution in [0.15, 0.2) is 41.3 Å². The van der Waals surface area contributed by atoms with Crippen LogP contribution in [0.5, 0.6) is 0 Å². The van der Waals surface area contributed by atoms with Gasteiger partial charge in [0.2, 0.25) is 0 Å². The van der Waals surface area contributed by atoms with E-state index in [1.54, 1.807) is 19.1 Å². The van der Waals surface area contributed by atoms with Gasteiger partial charge in [-0.1, -0.05) is 18.7 Å². The standard InChI is InChI=1S/C19H26O5S/c1-14(2)19(20)24-13-3-4-15-5-7-16(8-6-15)17-9-11-18(12-10-17)25(21,22)23/h9-12,15-16H,1,3-8,13H2,2H3,(H,21,22,23). The van der Waals surface area contributed by atoms with Crippen LogP contribution in [0.3, 0.4) is 0 Å². The molecule has 1 saturated carbocycles. The van der Waals surface area contributed by atoms with Gasteiger partial charge >= 0.3 is 5.97 Å². The lowest BCUT2D eigenvalue weighted by molar-refractivity contribution is -0.139. The Morgan fingerprint density at radius 3 is 2.32 bits per heavy atom. The summed E-state index contributed by atoms with van der Waals surface area (Å²) in [5.41, 5.74) is 1.56. The number of benzene rings is 1. The Bertz CT molecular complexity index is 698. The van der Waals surface area contributed by atoms with Gasteiger partial charge in [0.15, 0.2) is 0 Å². The van der Waals surface area contributed by atoms with Gasteiger partial charge in [-0.05, 0) is 75.0 Å². The van der Waals surface area contributed by atoms with Crippen LogP contribution in [0.4, 0.5) is 0 Å². The summed E-state index contributed by atoms with van der Waals surface area (Å²) in [6.45, 7) is 5.65. The lowest BCUT2D eigenvalue weighted by atomic mass is 9.77. The van der Waals surface area contributed by atoms with Gasteiger partial charge in [-0.2, -0.15) is 8.42 Å². The highest BCUT2D eigenvalue weighted by atomic mass is 32.2. The Morgan fingerprint density at radius 1 is 1.20 bits per heavy atom. The molecule has 0 atom stereocenters. The largest absolute Gasteiger partial charge is 0.462 e. The molecule has 138 valence electrons. The van der Waals surface area contributed by atoms with Crippen LogP contribution in [-0.4, -0.2) is 25.5 Å². The molecule has 0 spiro atoms. The van der Waals surface area contributed by atoms with E-state index in [2.05, 4.69) is 6.58 Å². The van der Waals surface area contributed by atoms with Gasteiger partial charge in [0.1, 0.15) is 0 Å². The molecule has 1 aromatic carbocycles. The highest BCUT2D eigenvalue weighted by molar-refractivity contribution is 7.85. The van der Waals surface area contributed by atoms with Crippen molar-refractivity contribution in [3.05, 3.63) is 42.0 Å². The van der Waals surface area contributed by atoms with Crippen molar-refractivity contribution in [1.82, 2.24) is 0 Å². The summed E-state index contributed by atoms with van der Waals surface area (Å²) < 4.78 is 36.3. The van der Waals surface area contributed by atoms with Crippen molar-refractivity contribution in [3.63, 3.8) is 0 Å². The Hall–Kier alpha value is -1.66. The summed E-state index contributed by atoms with van der Waals surface area (Å²) in [7, 11) is -4.12. The van der Waals surface area contributed by atoms with Crippen molar-refractivity contribution in [3.8, 4) is 0 Å². The van der Waals surface area contributed by atoms with E-state index in [0.717, 1.165) is 44.1 Å². The summed E-state index contributed by atoms with van der Waals surface area (Å²) >= 11 is 0. The second-order valence-electron chi connectivity index (χ2n) is 6.82. The Labute approximate surface area is 149 Å². The molecule has 6 heteroatoms. The van der Waals surface area contributed by atoms with Crippen LogP contribution in [0.1, 0.15) is 56.9 Å². The number of esters is 1. The molecule has 5 nitrogen and oxygen atoms in total. The third kappa shape index (κ3) is 5.97. The molecule has 0 aliphatic heterocycles. The Balaban J connectivity index is 1.74. The molecule has 1 aliphatic carbocycles. The Morgan fingerprint density at radius 2 is 1.80 bits per heavy atom. The van der Waals surface area contributed by atoms with Crippen molar-refractivity contribution in [2.24, 2.45) is 5.92 Å². The number of hydrogen-bond acceptors (Lipinski definition) is 4. The molecule has 1 N–H and O–H groups in total. The van der Waals surface area contributed by atoms with E-state index >= 15 is 0 Å². The zero-order valence-corrected chi connectivity index (χ0v) is 15.4. The number of ether oxygens (including phenoxy) is 1. The van der Waals surface area contributed by atoms with E-state index in [0.29, 0.717) is 24.0 Å². The number of carbonyl (C=O) groups excluding carboxylic acids is 1. The smallest absolute Gasteiger partial charge is 0.333 e. The van der Waals surface area contributed by atoms with Gasteiger partial charge in [-0.15, -0.1) is 0 Å². The van der Waals surface area contributed by atoms with E-state index in [-0.39, 0.29) is 10.9 Å². The molecule has 0 radical (unpaired) electrons. The molecule has 0 bridgehead atoms. The van der Waals surface area contributed by atoms with E-state index < -0.39 is 10.1 Å². The summed E-state index contributed by atoms with van der Waals surface area (Å²) in [6, 6.07) is 6.52. The number of hydrogen-bond donors (Lipinski definition) is 1. The average Bonchev–Trinajstić information content (AvgIpc) is 2.58. The summed E-state index contributed by atoms with van der Waals surface area (Å²) in [5, 5.41) is 0. The van der Waals surface area contributed by atoms with Crippen LogP contribution in [0.25, 0.3) is 0 Å². The van der Waals surface area contributed by atoms with Crippen LogP contribution in [-0.2, 0) is 19.6 Å². The van der Waals surface area contributed by atoms with Crippen LogP contribution < -0.4 is 0 Å². The molecule has 0 unspecified atom stereocenters. The van der Waals surface area contributed by atoms with Crippen LogP contribution >= 0.6 is 0 Å². The molecule has 0 aromatic heterocycles. The monoisotopic (exact) mass is 366 g/mol. The van der Waals surface area contributed by atoms with E-state index in [1.807, 2.05) is 0 Å². The summed E-state index contributed by atoms with van der Waals surface area (Å²) in [6.07, 6.45) is 6.32. The quantitative estimate of drug-likeness (QED) is 0.340. The summed E-state index contributed by atoms with van der Waals surface area (Å²) in [4.78, 5) is 11.2. The molecule has 2 rings (SSSR count). The fourth-order valence-electron chi connectivity index (χ4n) is 3.36. The maximum atomic E-state index is 11.3. The van der Waals surface area contributed by atoms with Gasteiger partial charge in [0, 0.05) is 5.57 Å². The third-order valence-corrected chi connectivity index (χ3v) is 5.70. The SMILES string of the molecule is C=C(C)C(=O)OCCCC1CCC(c2ccc(S(=O)(=O)O)cc2)CC1. The van der Waals surface area contributed by atoms with Crippen molar-refractivity contribution < 1.29 is 22.5 Å². The zero-order chi connectivity index (χ0) is 18.4. The van der Waals surface area contributed by atoms with Crippen molar-refractivity contribution in [1.29, 1.82) is 0 Å². The molecule has 0 heterocycles. The first-order valence-corrected chi connectivity index (χ1v) is 10.1. The molecular formula is C19H26O5S. The van der Waals surface area contributed by atoms with Gasteiger partial charge < -0.3 is 4.74 Å². The van der Waals surface area contributed by atoms with Crippen LogP contribution in [0, 0.1) is 5.92 Å². The predicted octanol–water partition coefficient (Wildman–Crippen LogP) is 4.11. The van der Waals surface area contributed by atoms with Crippen molar-refractivity contribution >= 4 is 16.1 Å². The summed E-state index contributed by atoms with van der Waals surface area (Å²) in [5.74, 6) is 0.766.